The van der Waals surface area contributed by atoms with Crippen LogP contribution >= 0.6 is 11.8 Å². The maximum absolute atomic E-state index is 5.63. The van der Waals surface area contributed by atoms with Gasteiger partial charge in [0.25, 0.3) is 0 Å². The van der Waals surface area contributed by atoms with Gasteiger partial charge in [-0.25, -0.2) is 0 Å². The van der Waals surface area contributed by atoms with Gasteiger partial charge in [0.2, 0.25) is 11.8 Å². The highest BCUT2D eigenvalue weighted by Crippen LogP contribution is 2.30. The van der Waals surface area contributed by atoms with E-state index >= 15 is 0 Å². The third-order valence-electron chi connectivity index (χ3n) is 3.02. The molecule has 0 aromatic carbocycles. The van der Waals surface area contributed by atoms with Crippen molar-refractivity contribution in [3.05, 3.63) is 6.07 Å². The molecule has 2 rings (SSSR count). The molecule has 0 amide bonds. The van der Waals surface area contributed by atoms with Gasteiger partial charge >= 0.3 is 0 Å². The number of hydrogen-bond acceptors (Lipinski definition) is 6. The number of thioether (sulfide) groups is 1. The lowest BCUT2D eigenvalue weighted by atomic mass is 10.2. The Labute approximate surface area is 106 Å². The molecule has 2 unspecified atom stereocenters. The fraction of sp³-hybridized carbons (Fsp3) is 0.636. The Hall–Kier alpha value is -1.17. The highest BCUT2D eigenvalue weighted by molar-refractivity contribution is 7.99. The fourth-order valence-electron chi connectivity index (χ4n) is 2.18. The molecule has 1 aliphatic rings. The van der Waals surface area contributed by atoms with Crippen LogP contribution < -0.4 is 15.8 Å². The van der Waals surface area contributed by atoms with E-state index in [1.165, 1.54) is 19.3 Å². The molecule has 0 spiro atoms. The molecule has 0 aliphatic heterocycles. The van der Waals surface area contributed by atoms with E-state index in [1.807, 2.05) is 11.8 Å². The summed E-state index contributed by atoms with van der Waals surface area (Å²) in [5.74, 6) is 1.49. The fourth-order valence-corrected chi connectivity index (χ4v) is 3.12. The van der Waals surface area contributed by atoms with E-state index in [-0.39, 0.29) is 5.95 Å². The number of nitrogens with zero attached hydrogens (tertiary/aromatic N) is 2. The topological polar surface area (TPSA) is 73.1 Å². The van der Waals surface area contributed by atoms with Crippen molar-refractivity contribution in [3.63, 3.8) is 0 Å². The van der Waals surface area contributed by atoms with Gasteiger partial charge in [-0.2, -0.15) is 21.7 Å². The number of hydrogen-bond donors (Lipinski definition) is 2. The SMILES string of the molecule is COc1cc(NC2CCCC2SC)nc(N)n1. The maximum atomic E-state index is 5.63. The highest BCUT2D eigenvalue weighted by atomic mass is 32.2. The van der Waals surface area contributed by atoms with Crippen LogP contribution in [0.2, 0.25) is 0 Å². The van der Waals surface area contributed by atoms with Gasteiger partial charge in [0.15, 0.2) is 0 Å². The molecule has 1 aromatic rings. The van der Waals surface area contributed by atoms with E-state index in [9.17, 15) is 0 Å². The van der Waals surface area contributed by atoms with E-state index in [4.69, 9.17) is 10.5 Å². The largest absolute Gasteiger partial charge is 0.481 e. The molecule has 1 heterocycles. The summed E-state index contributed by atoms with van der Waals surface area (Å²) in [7, 11) is 1.58. The lowest BCUT2D eigenvalue weighted by Gasteiger charge is -2.19. The lowest BCUT2D eigenvalue weighted by Crippen LogP contribution is -2.26. The third kappa shape index (κ3) is 2.94. The number of ether oxygens (including phenoxy) is 1. The summed E-state index contributed by atoms with van der Waals surface area (Å²) in [6.07, 6.45) is 5.86. The molecule has 1 aliphatic carbocycles. The van der Waals surface area contributed by atoms with Crippen LogP contribution in [0.15, 0.2) is 6.07 Å². The Morgan fingerprint density at radius 3 is 3.00 bits per heavy atom. The normalized spacial score (nSPS) is 23.6. The average Bonchev–Trinajstić information content (AvgIpc) is 2.75. The Balaban J connectivity index is 2.09. The first-order valence-electron chi connectivity index (χ1n) is 5.71. The van der Waals surface area contributed by atoms with Crippen LogP contribution in [0.5, 0.6) is 5.88 Å². The number of anilines is 2. The molecule has 1 aromatic heterocycles. The van der Waals surface area contributed by atoms with Crippen molar-refractivity contribution in [2.24, 2.45) is 0 Å². The summed E-state index contributed by atoms with van der Waals surface area (Å²) in [5, 5.41) is 4.08. The van der Waals surface area contributed by atoms with Gasteiger partial charge in [0.1, 0.15) is 5.82 Å². The molecule has 6 heteroatoms. The van der Waals surface area contributed by atoms with Crippen LogP contribution in [0.25, 0.3) is 0 Å². The van der Waals surface area contributed by atoms with Gasteiger partial charge in [-0.3, -0.25) is 0 Å². The van der Waals surface area contributed by atoms with E-state index in [0.717, 1.165) is 5.82 Å². The second-order valence-corrected chi connectivity index (χ2v) is 5.19. The zero-order valence-electron chi connectivity index (χ0n) is 10.1. The Bertz CT molecular complexity index is 388. The van der Waals surface area contributed by atoms with Crippen molar-refractivity contribution in [2.75, 3.05) is 24.4 Å². The summed E-state index contributed by atoms with van der Waals surface area (Å²) in [4.78, 5) is 8.15. The number of rotatable bonds is 4. The summed E-state index contributed by atoms with van der Waals surface area (Å²) >= 11 is 1.91. The van der Waals surface area contributed by atoms with Crippen molar-refractivity contribution < 1.29 is 4.74 Å². The summed E-state index contributed by atoms with van der Waals surface area (Å²) in [6, 6.07) is 2.25. The second-order valence-electron chi connectivity index (χ2n) is 4.11. The van der Waals surface area contributed by atoms with Crippen molar-refractivity contribution in [1.29, 1.82) is 0 Å². The molecule has 1 saturated carbocycles. The predicted molar refractivity (Wildman–Crippen MR) is 71.6 cm³/mol. The number of methoxy groups -OCH3 is 1. The van der Waals surface area contributed by atoms with Crippen LogP contribution in [-0.2, 0) is 0 Å². The van der Waals surface area contributed by atoms with E-state index < -0.39 is 0 Å². The first kappa shape index (κ1) is 12.3. The van der Waals surface area contributed by atoms with Crippen LogP contribution in [0.4, 0.5) is 11.8 Å². The number of nitrogens with one attached hydrogen (secondary N) is 1. The Kier molecular flexibility index (Phi) is 3.93. The molecular weight excluding hydrogens is 236 g/mol. The molecule has 5 nitrogen and oxygen atoms in total. The predicted octanol–water partition coefficient (Wildman–Crippen LogP) is 1.76. The summed E-state index contributed by atoms with van der Waals surface area (Å²) in [5.41, 5.74) is 5.63. The standard InChI is InChI=1S/C11H18N4OS/c1-16-10-6-9(14-11(12)15-10)13-7-4-3-5-8(7)17-2/h6-8H,3-5H2,1-2H3,(H3,12,13,14,15). The monoisotopic (exact) mass is 254 g/mol. The molecule has 0 radical (unpaired) electrons. The maximum Gasteiger partial charge on any atom is 0.225 e. The van der Waals surface area contributed by atoms with Gasteiger partial charge in [0.05, 0.1) is 7.11 Å². The van der Waals surface area contributed by atoms with Gasteiger partial charge < -0.3 is 15.8 Å². The number of nitrogens with two attached hydrogens (primary N) is 1. The van der Waals surface area contributed by atoms with Crippen molar-refractivity contribution >= 4 is 23.5 Å². The van der Waals surface area contributed by atoms with Crippen LogP contribution in [0.3, 0.4) is 0 Å². The second kappa shape index (κ2) is 5.44. The van der Waals surface area contributed by atoms with Crippen LogP contribution in [0.1, 0.15) is 19.3 Å². The zero-order chi connectivity index (χ0) is 12.3. The van der Waals surface area contributed by atoms with Gasteiger partial charge in [-0.1, -0.05) is 6.42 Å². The van der Waals surface area contributed by atoms with Gasteiger partial charge in [-0.15, -0.1) is 0 Å². The Morgan fingerprint density at radius 1 is 1.47 bits per heavy atom. The first-order valence-corrected chi connectivity index (χ1v) is 6.99. The first-order chi connectivity index (χ1) is 8.22. The Morgan fingerprint density at radius 2 is 2.29 bits per heavy atom. The van der Waals surface area contributed by atoms with Crippen LogP contribution in [-0.4, -0.2) is 34.6 Å². The third-order valence-corrected chi connectivity index (χ3v) is 4.19. The van der Waals surface area contributed by atoms with E-state index in [1.54, 1.807) is 13.2 Å². The molecule has 94 valence electrons. The van der Waals surface area contributed by atoms with Gasteiger partial charge in [-0.05, 0) is 19.1 Å². The van der Waals surface area contributed by atoms with Crippen molar-refractivity contribution in [3.8, 4) is 5.88 Å². The van der Waals surface area contributed by atoms with Crippen LogP contribution in [0, 0.1) is 0 Å². The average molecular weight is 254 g/mol. The van der Waals surface area contributed by atoms with Gasteiger partial charge in [0, 0.05) is 17.4 Å². The highest BCUT2D eigenvalue weighted by Gasteiger charge is 2.26. The molecule has 17 heavy (non-hydrogen) atoms. The van der Waals surface area contributed by atoms with E-state index in [0.29, 0.717) is 17.2 Å². The summed E-state index contributed by atoms with van der Waals surface area (Å²) in [6.45, 7) is 0. The minimum atomic E-state index is 0.241. The summed E-state index contributed by atoms with van der Waals surface area (Å²) < 4.78 is 5.08. The van der Waals surface area contributed by atoms with Crippen molar-refractivity contribution in [2.45, 2.75) is 30.6 Å². The van der Waals surface area contributed by atoms with E-state index in [2.05, 4.69) is 21.5 Å². The lowest BCUT2D eigenvalue weighted by molar-refractivity contribution is 0.398. The molecule has 2 atom stereocenters. The smallest absolute Gasteiger partial charge is 0.225 e. The molecule has 0 bridgehead atoms. The molecule has 0 saturated heterocycles. The van der Waals surface area contributed by atoms with Crippen molar-refractivity contribution in [1.82, 2.24) is 9.97 Å². The molecule has 1 fully saturated rings. The molecule has 3 N–H and O–H groups in total. The minimum absolute atomic E-state index is 0.241. The minimum Gasteiger partial charge on any atom is -0.481 e. The number of nitrogen functional groups attached to an aromatic ring is 1. The zero-order valence-corrected chi connectivity index (χ0v) is 11.0. The molecular formula is C11H18N4OS. The number of aromatic nitrogens is 2. The quantitative estimate of drug-likeness (QED) is 0.853.